The minimum atomic E-state index is -0.877. The lowest BCUT2D eigenvalue weighted by atomic mass is 9.98. The molecule has 0 bridgehead atoms. The summed E-state index contributed by atoms with van der Waals surface area (Å²) >= 11 is 9.31. The van der Waals surface area contributed by atoms with Gasteiger partial charge in [0.15, 0.2) is 0 Å². The van der Waals surface area contributed by atoms with Gasteiger partial charge in [0.05, 0.1) is 11.3 Å². The Labute approximate surface area is 170 Å². The molecule has 0 unspecified atom stereocenters. The lowest BCUT2D eigenvalue weighted by Gasteiger charge is -2.08. The Hall–Kier alpha value is -1.31. The molecule has 0 spiro atoms. The second-order valence-electron chi connectivity index (χ2n) is 5.41. The summed E-state index contributed by atoms with van der Waals surface area (Å²) in [5.41, 5.74) is 4.33. The highest BCUT2D eigenvalue weighted by atomic mass is 79.9. The number of aromatic nitrogens is 1. The van der Waals surface area contributed by atoms with Crippen molar-refractivity contribution in [2.24, 2.45) is 0 Å². The third kappa shape index (κ3) is 3.94. The average Bonchev–Trinajstić information content (AvgIpc) is 2.85. The highest BCUT2D eigenvalue weighted by Gasteiger charge is 2.21. The zero-order valence-electron chi connectivity index (χ0n) is 13.0. The van der Waals surface area contributed by atoms with Gasteiger partial charge in [-0.15, -0.1) is 47.3 Å². The Kier molecular flexibility index (Phi) is 5.87. The minimum absolute atomic E-state index is 0.271. The maximum Gasteiger partial charge on any atom is 0.369 e. The van der Waals surface area contributed by atoms with Crippen LogP contribution in [0.4, 0.5) is 0 Å². The molecular formula is C18H13BBr3NO2. The fourth-order valence-electron chi connectivity index (χ4n) is 3.07. The first-order valence-electron chi connectivity index (χ1n) is 7.52. The molecule has 0 radical (unpaired) electrons. The Balaban J connectivity index is 0.000000415. The minimum Gasteiger partial charge on any atom is -0.478 e. The summed E-state index contributed by atoms with van der Waals surface area (Å²) in [6.45, 7) is 0.569. The fraction of sp³-hybridized carbons (Fsp3) is 0.0556. The maximum atomic E-state index is 11.5. The van der Waals surface area contributed by atoms with Gasteiger partial charge in [-0.2, -0.15) is 0 Å². The topological polar surface area (TPSA) is 42.2 Å². The number of hydrogen-bond donors (Lipinski definition) is 1. The van der Waals surface area contributed by atoms with Gasteiger partial charge in [0.2, 0.25) is 0 Å². The van der Waals surface area contributed by atoms with Crippen LogP contribution in [0, 0.1) is 0 Å². The number of aliphatic carboxylic acids is 1. The number of carboxylic acid groups (broad SMARTS) is 1. The first-order chi connectivity index (χ1) is 12.0. The van der Waals surface area contributed by atoms with Crippen LogP contribution in [0.5, 0.6) is 0 Å². The Morgan fingerprint density at radius 1 is 1.00 bits per heavy atom. The van der Waals surface area contributed by atoms with Gasteiger partial charge in [0.1, 0.15) is 0 Å². The predicted octanol–water partition coefficient (Wildman–Crippen LogP) is 5.95. The van der Waals surface area contributed by atoms with Crippen molar-refractivity contribution in [2.45, 2.75) is 6.54 Å². The summed E-state index contributed by atoms with van der Waals surface area (Å²) < 4.78 is 2.44. The molecule has 0 saturated carbocycles. The van der Waals surface area contributed by atoms with Gasteiger partial charge in [0.25, 0.3) is 0 Å². The highest BCUT2D eigenvalue weighted by Crippen LogP contribution is 2.36. The van der Waals surface area contributed by atoms with Crippen LogP contribution in [0.2, 0.25) is 0 Å². The number of rotatable bonds is 1. The number of carbonyl (C=O) groups is 1. The monoisotopic (exact) mass is 523 g/mol. The number of benzene rings is 2. The van der Waals surface area contributed by atoms with Crippen LogP contribution in [-0.4, -0.2) is 18.8 Å². The van der Waals surface area contributed by atoms with Gasteiger partial charge >= 0.3 is 9.15 Å². The zero-order valence-corrected chi connectivity index (χ0v) is 17.8. The number of para-hydroxylation sites is 1. The highest BCUT2D eigenvalue weighted by molar-refractivity contribution is 9.69. The van der Waals surface area contributed by atoms with Gasteiger partial charge in [-0.3, -0.25) is 0 Å². The molecule has 1 N–H and O–H groups in total. The van der Waals surface area contributed by atoms with E-state index in [2.05, 4.69) is 70.0 Å². The number of allylic oxidation sites excluding steroid dienone is 1. The van der Waals surface area contributed by atoms with Crippen molar-refractivity contribution in [3.8, 4) is 11.3 Å². The van der Waals surface area contributed by atoms with E-state index in [1.807, 2.05) is 36.4 Å². The Morgan fingerprint density at radius 3 is 2.28 bits per heavy atom. The van der Waals surface area contributed by atoms with Crippen molar-refractivity contribution >= 4 is 72.9 Å². The van der Waals surface area contributed by atoms with E-state index in [0.717, 1.165) is 22.3 Å². The molecule has 4 rings (SSSR count). The molecule has 0 fully saturated rings. The van der Waals surface area contributed by atoms with Crippen LogP contribution in [0.15, 0.2) is 60.7 Å². The third-order valence-corrected chi connectivity index (χ3v) is 4.01. The standard InChI is InChI=1S/C18H13NO2.BBr3/c20-18(21)15-9-10-19-16-8-4-1-5-12(16)11-17(19)14-7-3-2-6-13(14)15;2-1(3)4/h1-9,11H,10H2,(H,20,21);. The van der Waals surface area contributed by atoms with Gasteiger partial charge in [-0.05, 0) is 23.8 Å². The molecule has 3 nitrogen and oxygen atoms in total. The quantitative estimate of drug-likeness (QED) is 0.399. The first kappa shape index (κ1) is 18.5. The Morgan fingerprint density at radius 2 is 1.60 bits per heavy atom. The molecule has 7 heteroatoms. The van der Waals surface area contributed by atoms with Crippen LogP contribution < -0.4 is 0 Å². The van der Waals surface area contributed by atoms with E-state index < -0.39 is 5.97 Å². The summed E-state index contributed by atoms with van der Waals surface area (Å²) in [5, 5.41) is 10.6. The zero-order chi connectivity index (χ0) is 18.0. The molecule has 25 heavy (non-hydrogen) atoms. The van der Waals surface area contributed by atoms with Gasteiger partial charge in [-0.1, -0.05) is 42.5 Å². The van der Waals surface area contributed by atoms with E-state index in [0.29, 0.717) is 12.1 Å². The number of nitrogens with zero attached hydrogens (tertiary/aromatic N) is 1. The SMILES string of the molecule is BrB(Br)Br.O=C(O)C1=CCn2c(cc3ccccc32)-c2ccccc21. The van der Waals surface area contributed by atoms with E-state index in [-0.39, 0.29) is 3.18 Å². The van der Waals surface area contributed by atoms with E-state index in [4.69, 9.17) is 0 Å². The second kappa shape index (κ2) is 7.93. The van der Waals surface area contributed by atoms with Crippen molar-refractivity contribution in [3.63, 3.8) is 0 Å². The predicted molar refractivity (Wildman–Crippen MR) is 116 cm³/mol. The summed E-state index contributed by atoms with van der Waals surface area (Å²) in [6.07, 6.45) is 1.80. The summed E-state index contributed by atoms with van der Waals surface area (Å²) in [5.74, 6) is -0.877. The Bertz CT molecular complexity index is 963. The molecule has 0 atom stereocenters. The van der Waals surface area contributed by atoms with Crippen molar-refractivity contribution in [1.82, 2.24) is 4.57 Å². The summed E-state index contributed by atoms with van der Waals surface area (Å²) in [7, 11) is 0. The van der Waals surface area contributed by atoms with Gasteiger partial charge < -0.3 is 9.67 Å². The van der Waals surface area contributed by atoms with E-state index in [1.165, 1.54) is 5.39 Å². The summed E-state index contributed by atoms with van der Waals surface area (Å²) in [6, 6.07) is 18.0. The molecule has 1 aliphatic heterocycles. The van der Waals surface area contributed by atoms with Crippen LogP contribution in [0.3, 0.4) is 0 Å². The second-order valence-corrected chi connectivity index (χ2v) is 11.8. The molecule has 2 heterocycles. The molecule has 126 valence electrons. The fourth-order valence-corrected chi connectivity index (χ4v) is 3.07. The first-order valence-corrected chi connectivity index (χ1v) is 10.3. The van der Waals surface area contributed by atoms with Crippen molar-refractivity contribution in [2.75, 3.05) is 0 Å². The maximum absolute atomic E-state index is 11.5. The van der Waals surface area contributed by atoms with Crippen LogP contribution in [0.1, 0.15) is 5.56 Å². The van der Waals surface area contributed by atoms with Gasteiger partial charge in [-0.25, -0.2) is 4.79 Å². The molecule has 1 aromatic heterocycles. The van der Waals surface area contributed by atoms with Crippen molar-refractivity contribution in [1.29, 1.82) is 0 Å². The number of hydrogen-bond acceptors (Lipinski definition) is 1. The third-order valence-electron chi connectivity index (χ3n) is 4.01. The van der Waals surface area contributed by atoms with E-state index in [9.17, 15) is 9.90 Å². The molecule has 0 aliphatic carbocycles. The smallest absolute Gasteiger partial charge is 0.369 e. The average molecular weight is 526 g/mol. The van der Waals surface area contributed by atoms with Crippen LogP contribution in [0.25, 0.3) is 27.7 Å². The van der Waals surface area contributed by atoms with E-state index in [1.54, 1.807) is 6.08 Å². The van der Waals surface area contributed by atoms with Crippen LogP contribution >= 0.6 is 47.3 Å². The lowest BCUT2D eigenvalue weighted by Crippen LogP contribution is -2.00. The van der Waals surface area contributed by atoms with Crippen LogP contribution in [-0.2, 0) is 11.3 Å². The number of fused-ring (bicyclic) bond motifs is 5. The molecule has 0 saturated heterocycles. The molecule has 1 aliphatic rings. The van der Waals surface area contributed by atoms with E-state index >= 15 is 0 Å². The molecule has 2 aromatic carbocycles. The van der Waals surface area contributed by atoms with Crippen molar-refractivity contribution in [3.05, 3.63) is 66.2 Å². The number of halogens is 3. The number of carboxylic acids is 1. The molecular weight excluding hydrogens is 513 g/mol. The largest absolute Gasteiger partial charge is 0.478 e. The summed E-state index contributed by atoms with van der Waals surface area (Å²) in [4.78, 5) is 11.5. The molecule has 0 amide bonds. The van der Waals surface area contributed by atoms with Crippen molar-refractivity contribution < 1.29 is 9.90 Å². The normalized spacial score (nSPS) is 12.2. The lowest BCUT2D eigenvalue weighted by molar-refractivity contribution is -0.130. The molecule has 3 aromatic rings. The van der Waals surface area contributed by atoms with Gasteiger partial charge in [0, 0.05) is 23.0 Å².